The molecule has 1 aliphatic heterocycles. The van der Waals surface area contributed by atoms with Gasteiger partial charge in [-0.1, -0.05) is 103 Å². The van der Waals surface area contributed by atoms with Crippen molar-refractivity contribution in [2.75, 3.05) is 19.1 Å². The number of hydrogen-bond donors (Lipinski definition) is 1. The minimum Gasteiger partial charge on any atom is -0.374 e. The van der Waals surface area contributed by atoms with Crippen molar-refractivity contribution >= 4 is 29.2 Å². The lowest BCUT2D eigenvalue weighted by Gasteiger charge is -2.39. The molecule has 0 saturated carbocycles. The van der Waals surface area contributed by atoms with Crippen molar-refractivity contribution < 1.29 is 24.1 Å². The Labute approximate surface area is 271 Å². The average molecular weight is 645 g/mol. The van der Waals surface area contributed by atoms with Crippen LogP contribution in [0.3, 0.4) is 0 Å². The smallest absolute Gasteiger partial charge is 0.244 e. The number of hydrogen-bond acceptors (Lipinski definition) is 10. The molecule has 11 heteroatoms. The van der Waals surface area contributed by atoms with E-state index in [0.717, 1.165) is 16.7 Å². The van der Waals surface area contributed by atoms with Crippen LogP contribution in [0.15, 0.2) is 107 Å². The summed E-state index contributed by atoms with van der Waals surface area (Å²) < 4.78 is 27.8. The molecular weight excluding hydrogens is 609 g/mol. The Bertz CT molecular complexity index is 1700. The van der Waals surface area contributed by atoms with Crippen LogP contribution in [-0.2, 0) is 44.6 Å². The van der Waals surface area contributed by atoms with Crippen LogP contribution < -0.4 is 0 Å². The van der Waals surface area contributed by atoms with Crippen molar-refractivity contribution in [3.05, 3.63) is 120 Å². The summed E-state index contributed by atoms with van der Waals surface area (Å²) in [6.07, 6.45) is 3.98. The zero-order valence-electron chi connectivity index (χ0n) is 25.4. The molecule has 6 rings (SSSR count). The number of thioether (sulfide) groups is 2. The Morgan fingerprint density at radius 2 is 1.44 bits per heavy atom. The van der Waals surface area contributed by atoms with Gasteiger partial charge in [0.2, 0.25) is 10.9 Å². The number of benzene rings is 3. The standard InChI is InChI=1S/C34H36N4O5S2/c1-33(42-22-26-17-11-6-12-18-26)29(41-21-25-15-9-5-10-16-25)27(23-40-20-24-13-7-4-8-14-24)43-34(33,39)28-19-35-30-31(44-2)36-32(45-3)37-38(28)30/h4-19,27,29,39H,20-23H2,1-3H3/t27-,29-,33-,34?/m1/s1. The molecular formula is C34H36N4O5S2. The third-order valence-electron chi connectivity index (χ3n) is 7.96. The number of nitrogens with zero attached hydrogens (tertiary/aromatic N) is 4. The monoisotopic (exact) mass is 644 g/mol. The lowest BCUT2D eigenvalue weighted by Crippen LogP contribution is -2.55. The van der Waals surface area contributed by atoms with E-state index in [1.807, 2.05) is 110 Å². The Morgan fingerprint density at radius 1 is 0.844 bits per heavy atom. The minimum atomic E-state index is -2.02. The second kappa shape index (κ2) is 14.0. The highest BCUT2D eigenvalue weighted by Crippen LogP contribution is 2.50. The molecule has 1 unspecified atom stereocenters. The SMILES string of the molecule is CSc1nc(SC)c2ncc(C3(O)O[C@H](COCc4ccccc4)[C@@H](OCc4ccccc4)[C@@]3(C)OCc3ccccc3)n2n1. The minimum absolute atomic E-state index is 0.152. The first-order chi connectivity index (χ1) is 21.9. The third kappa shape index (κ3) is 6.52. The Morgan fingerprint density at radius 3 is 2.04 bits per heavy atom. The van der Waals surface area contributed by atoms with Gasteiger partial charge in [-0.3, -0.25) is 0 Å². The van der Waals surface area contributed by atoms with Gasteiger partial charge >= 0.3 is 0 Å². The fraction of sp³-hybridized carbons (Fsp3) is 0.324. The molecule has 0 radical (unpaired) electrons. The molecule has 45 heavy (non-hydrogen) atoms. The molecule has 3 heterocycles. The Balaban J connectivity index is 1.41. The normalized spacial score (nSPS) is 23.1. The van der Waals surface area contributed by atoms with E-state index in [-0.39, 0.29) is 19.8 Å². The molecule has 1 N–H and O–H groups in total. The van der Waals surface area contributed by atoms with Gasteiger partial charge < -0.3 is 24.1 Å². The molecule has 1 aliphatic rings. The first kappa shape index (κ1) is 31.7. The molecule has 4 atom stereocenters. The van der Waals surface area contributed by atoms with Gasteiger partial charge in [0.05, 0.1) is 32.6 Å². The number of ether oxygens (including phenoxy) is 4. The molecule has 234 valence electrons. The summed E-state index contributed by atoms with van der Waals surface area (Å²) in [5.41, 5.74) is 2.38. The summed E-state index contributed by atoms with van der Waals surface area (Å²) >= 11 is 2.87. The molecule has 1 fully saturated rings. The second-order valence-electron chi connectivity index (χ2n) is 10.9. The van der Waals surface area contributed by atoms with Crippen molar-refractivity contribution in [2.24, 2.45) is 0 Å². The number of fused-ring (bicyclic) bond motifs is 1. The first-order valence-corrected chi connectivity index (χ1v) is 17.1. The van der Waals surface area contributed by atoms with Gasteiger partial charge in [0.25, 0.3) is 0 Å². The van der Waals surface area contributed by atoms with Gasteiger partial charge in [0.1, 0.15) is 22.9 Å². The van der Waals surface area contributed by atoms with E-state index in [2.05, 4.69) is 9.97 Å². The topological polar surface area (TPSA) is 100 Å². The average Bonchev–Trinajstić information content (AvgIpc) is 3.61. The summed E-state index contributed by atoms with van der Waals surface area (Å²) in [4.78, 5) is 9.23. The van der Waals surface area contributed by atoms with Gasteiger partial charge in [-0.25, -0.2) is 14.5 Å². The van der Waals surface area contributed by atoms with Crippen LogP contribution in [-0.4, -0.2) is 61.6 Å². The molecule has 3 aromatic carbocycles. The van der Waals surface area contributed by atoms with Crippen molar-refractivity contribution in [2.45, 2.75) is 60.5 Å². The number of imidazole rings is 1. The molecule has 1 saturated heterocycles. The summed E-state index contributed by atoms with van der Waals surface area (Å²) in [5, 5.41) is 18.7. The predicted octanol–water partition coefficient (Wildman–Crippen LogP) is 5.89. The molecule has 9 nitrogen and oxygen atoms in total. The van der Waals surface area contributed by atoms with Crippen LogP contribution in [0.2, 0.25) is 0 Å². The maximum absolute atomic E-state index is 12.8. The maximum Gasteiger partial charge on any atom is 0.244 e. The molecule has 0 spiro atoms. The number of rotatable bonds is 13. The van der Waals surface area contributed by atoms with Crippen LogP contribution >= 0.6 is 23.5 Å². The van der Waals surface area contributed by atoms with Crippen LogP contribution in [0.25, 0.3) is 5.65 Å². The molecule has 0 bridgehead atoms. The Hall–Kier alpha value is -3.29. The van der Waals surface area contributed by atoms with Crippen molar-refractivity contribution in [1.82, 2.24) is 19.6 Å². The largest absolute Gasteiger partial charge is 0.374 e. The summed E-state index contributed by atoms with van der Waals surface area (Å²) in [6.45, 7) is 2.85. The highest BCUT2D eigenvalue weighted by atomic mass is 32.2. The van der Waals surface area contributed by atoms with Gasteiger partial charge in [-0.2, -0.15) is 0 Å². The van der Waals surface area contributed by atoms with Crippen molar-refractivity contribution in [3.63, 3.8) is 0 Å². The fourth-order valence-electron chi connectivity index (χ4n) is 5.55. The lowest BCUT2D eigenvalue weighted by molar-refractivity contribution is -0.294. The quantitative estimate of drug-likeness (QED) is 0.156. The zero-order valence-corrected chi connectivity index (χ0v) is 27.0. The highest BCUT2D eigenvalue weighted by molar-refractivity contribution is 7.99. The lowest BCUT2D eigenvalue weighted by atomic mass is 9.87. The van der Waals surface area contributed by atoms with Gasteiger partial charge in [-0.15, -0.1) is 16.9 Å². The van der Waals surface area contributed by atoms with Crippen molar-refractivity contribution in [3.8, 4) is 0 Å². The summed E-state index contributed by atoms with van der Waals surface area (Å²) in [6, 6.07) is 29.7. The number of aromatic nitrogens is 4. The van der Waals surface area contributed by atoms with Crippen LogP contribution in [0.5, 0.6) is 0 Å². The fourth-order valence-corrected chi connectivity index (χ4v) is 6.46. The van der Waals surface area contributed by atoms with Gasteiger partial charge in [0.15, 0.2) is 11.2 Å². The van der Waals surface area contributed by atoms with Gasteiger partial charge in [-0.05, 0) is 36.1 Å². The first-order valence-electron chi connectivity index (χ1n) is 14.6. The van der Waals surface area contributed by atoms with E-state index in [0.29, 0.717) is 28.1 Å². The van der Waals surface area contributed by atoms with Crippen molar-refractivity contribution in [1.29, 1.82) is 0 Å². The second-order valence-corrected chi connectivity index (χ2v) is 12.5. The number of aliphatic hydroxyl groups is 1. The van der Waals surface area contributed by atoms with E-state index in [9.17, 15) is 5.11 Å². The summed E-state index contributed by atoms with van der Waals surface area (Å²) in [5.74, 6) is -2.02. The third-order valence-corrected chi connectivity index (χ3v) is 9.16. The van der Waals surface area contributed by atoms with E-state index in [1.54, 1.807) is 10.7 Å². The van der Waals surface area contributed by atoms with E-state index in [1.165, 1.54) is 23.5 Å². The summed E-state index contributed by atoms with van der Waals surface area (Å²) in [7, 11) is 0. The van der Waals surface area contributed by atoms with E-state index < -0.39 is 23.6 Å². The highest BCUT2D eigenvalue weighted by Gasteiger charge is 2.67. The maximum atomic E-state index is 12.8. The van der Waals surface area contributed by atoms with Crippen LogP contribution in [0.1, 0.15) is 29.3 Å². The van der Waals surface area contributed by atoms with E-state index >= 15 is 0 Å². The zero-order chi connectivity index (χ0) is 31.3. The molecule has 0 amide bonds. The molecule has 0 aliphatic carbocycles. The molecule has 2 aromatic heterocycles. The van der Waals surface area contributed by atoms with Crippen LogP contribution in [0, 0.1) is 0 Å². The predicted molar refractivity (Wildman–Crippen MR) is 174 cm³/mol. The van der Waals surface area contributed by atoms with Gasteiger partial charge in [0, 0.05) is 0 Å². The Kier molecular flexibility index (Phi) is 9.86. The van der Waals surface area contributed by atoms with Crippen LogP contribution in [0.4, 0.5) is 0 Å². The van der Waals surface area contributed by atoms with E-state index in [4.69, 9.17) is 24.0 Å². The molecule has 5 aromatic rings.